The molecule has 2 aromatic heterocycles. The van der Waals surface area contributed by atoms with Crippen LogP contribution in [0.3, 0.4) is 0 Å². The highest BCUT2D eigenvalue weighted by atomic mass is 16.5. The van der Waals surface area contributed by atoms with Gasteiger partial charge in [0.25, 0.3) is 0 Å². The Labute approximate surface area is 145 Å². The normalized spacial score (nSPS) is 11.0. The number of para-hydroxylation sites is 2. The molecule has 3 rings (SSSR count). The molecule has 8 heteroatoms. The summed E-state index contributed by atoms with van der Waals surface area (Å²) in [5, 5.41) is 6.70. The van der Waals surface area contributed by atoms with Crippen molar-refractivity contribution in [3.05, 3.63) is 41.9 Å². The maximum Gasteiger partial charge on any atom is 0.317 e. The molecule has 132 valence electrons. The summed E-state index contributed by atoms with van der Waals surface area (Å²) < 4.78 is 10.7. The molecule has 0 atom stereocenters. The van der Waals surface area contributed by atoms with Gasteiger partial charge in [0.15, 0.2) is 17.3 Å². The highest BCUT2D eigenvalue weighted by Gasteiger charge is 2.13. The topological polar surface area (TPSA) is 97.3 Å². The third-order valence-corrected chi connectivity index (χ3v) is 3.72. The van der Waals surface area contributed by atoms with Crippen LogP contribution in [0.2, 0.25) is 0 Å². The predicted octanol–water partition coefficient (Wildman–Crippen LogP) is 2.55. The number of aryl methyl sites for hydroxylation is 2. The molecule has 3 aromatic rings. The number of rotatable bonds is 7. The minimum atomic E-state index is -0.180. The molecule has 0 saturated carbocycles. The average Bonchev–Trinajstić information content (AvgIpc) is 3.24. The summed E-state index contributed by atoms with van der Waals surface area (Å²) in [6, 6.07) is 7.48. The van der Waals surface area contributed by atoms with Gasteiger partial charge < -0.3 is 19.2 Å². The summed E-state index contributed by atoms with van der Waals surface area (Å²) in [7, 11) is 1.69. The molecule has 0 aliphatic carbocycles. The first-order valence-corrected chi connectivity index (χ1v) is 8.30. The number of carbonyl (C=O) groups excluding carboxylic acids is 1. The van der Waals surface area contributed by atoms with Gasteiger partial charge in [-0.2, -0.15) is 4.98 Å². The van der Waals surface area contributed by atoms with Crippen LogP contribution < -0.4 is 5.32 Å². The molecule has 1 aromatic carbocycles. The lowest BCUT2D eigenvalue weighted by Crippen LogP contribution is -2.37. The smallest absolute Gasteiger partial charge is 0.317 e. The number of carbonyl (C=O) groups is 1. The van der Waals surface area contributed by atoms with Crippen molar-refractivity contribution in [3.8, 4) is 0 Å². The predicted molar refractivity (Wildman–Crippen MR) is 90.9 cm³/mol. The van der Waals surface area contributed by atoms with Crippen molar-refractivity contribution in [2.75, 3.05) is 13.6 Å². The average molecular weight is 343 g/mol. The molecule has 0 fully saturated rings. The molecule has 0 aliphatic rings. The van der Waals surface area contributed by atoms with Crippen LogP contribution in [-0.4, -0.2) is 39.6 Å². The van der Waals surface area contributed by atoms with Gasteiger partial charge in [-0.3, -0.25) is 0 Å². The Morgan fingerprint density at radius 1 is 1.24 bits per heavy atom. The fourth-order valence-electron chi connectivity index (χ4n) is 2.38. The number of nitrogens with zero attached hydrogens (tertiary/aromatic N) is 4. The Balaban J connectivity index is 1.41. The highest BCUT2D eigenvalue weighted by Crippen LogP contribution is 2.15. The van der Waals surface area contributed by atoms with Crippen molar-refractivity contribution >= 4 is 17.1 Å². The second-order valence-corrected chi connectivity index (χ2v) is 5.72. The van der Waals surface area contributed by atoms with Gasteiger partial charge in [-0.25, -0.2) is 9.78 Å². The summed E-state index contributed by atoms with van der Waals surface area (Å²) in [5.41, 5.74) is 1.64. The third-order valence-electron chi connectivity index (χ3n) is 3.72. The Kier molecular flexibility index (Phi) is 5.27. The van der Waals surface area contributed by atoms with Gasteiger partial charge >= 0.3 is 6.03 Å². The molecule has 0 bridgehead atoms. The van der Waals surface area contributed by atoms with E-state index in [-0.39, 0.29) is 6.03 Å². The van der Waals surface area contributed by atoms with Gasteiger partial charge in [0.2, 0.25) is 5.89 Å². The SMILES string of the molecule is CCc1nc(CN(C)C(=O)NCCCc2nc3ccccc3o2)no1. The number of hydrogen-bond acceptors (Lipinski definition) is 6. The molecule has 8 nitrogen and oxygen atoms in total. The molecular weight excluding hydrogens is 322 g/mol. The zero-order valence-electron chi connectivity index (χ0n) is 14.4. The molecule has 2 amide bonds. The van der Waals surface area contributed by atoms with E-state index < -0.39 is 0 Å². The summed E-state index contributed by atoms with van der Waals surface area (Å²) in [6.07, 6.45) is 2.09. The number of urea groups is 1. The van der Waals surface area contributed by atoms with Crippen LogP contribution in [0.15, 0.2) is 33.2 Å². The molecule has 2 heterocycles. The van der Waals surface area contributed by atoms with E-state index in [1.807, 2.05) is 31.2 Å². The minimum absolute atomic E-state index is 0.180. The molecule has 25 heavy (non-hydrogen) atoms. The van der Waals surface area contributed by atoms with E-state index in [1.54, 1.807) is 7.05 Å². The van der Waals surface area contributed by atoms with Crippen molar-refractivity contribution < 1.29 is 13.7 Å². The van der Waals surface area contributed by atoms with Crippen LogP contribution in [0, 0.1) is 0 Å². The van der Waals surface area contributed by atoms with E-state index in [0.29, 0.717) is 43.5 Å². The minimum Gasteiger partial charge on any atom is -0.441 e. The second kappa shape index (κ2) is 7.78. The van der Waals surface area contributed by atoms with Gasteiger partial charge in [-0.05, 0) is 18.6 Å². The fraction of sp³-hybridized carbons (Fsp3) is 0.412. The molecule has 0 aliphatic heterocycles. The lowest BCUT2D eigenvalue weighted by atomic mass is 10.3. The van der Waals surface area contributed by atoms with Gasteiger partial charge in [0.1, 0.15) is 5.52 Å². The number of hydrogen-bond donors (Lipinski definition) is 1. The van der Waals surface area contributed by atoms with Crippen LogP contribution in [-0.2, 0) is 19.4 Å². The number of amides is 2. The summed E-state index contributed by atoms with van der Waals surface area (Å²) in [6.45, 7) is 2.78. The lowest BCUT2D eigenvalue weighted by Gasteiger charge is -2.15. The Hall–Kier alpha value is -2.90. The van der Waals surface area contributed by atoms with Crippen molar-refractivity contribution in [2.45, 2.75) is 32.7 Å². The summed E-state index contributed by atoms with van der Waals surface area (Å²) in [4.78, 5) is 22.2. The first-order valence-electron chi connectivity index (χ1n) is 8.30. The number of fused-ring (bicyclic) bond motifs is 1. The van der Waals surface area contributed by atoms with E-state index in [0.717, 1.165) is 17.5 Å². The molecule has 1 N–H and O–H groups in total. The molecule has 0 saturated heterocycles. The maximum absolute atomic E-state index is 12.1. The van der Waals surface area contributed by atoms with Crippen LogP contribution in [0.5, 0.6) is 0 Å². The molecular formula is C17H21N5O3. The van der Waals surface area contributed by atoms with Crippen LogP contribution in [0.25, 0.3) is 11.1 Å². The molecule has 0 spiro atoms. The first kappa shape index (κ1) is 16.9. The first-order chi connectivity index (χ1) is 12.2. The molecule has 0 radical (unpaired) electrons. The standard InChI is InChI=1S/C17H21N5O3/c1-3-15-20-14(21-25-15)11-22(2)17(23)18-10-6-9-16-19-12-7-4-5-8-13(12)24-16/h4-5,7-8H,3,6,9-11H2,1-2H3,(H,18,23). The van der Waals surface area contributed by atoms with Crippen LogP contribution in [0.4, 0.5) is 4.79 Å². The number of aromatic nitrogens is 3. The monoisotopic (exact) mass is 343 g/mol. The van der Waals surface area contributed by atoms with Crippen molar-refractivity contribution in [1.82, 2.24) is 25.3 Å². The fourth-order valence-corrected chi connectivity index (χ4v) is 2.38. The van der Waals surface area contributed by atoms with E-state index in [2.05, 4.69) is 20.4 Å². The lowest BCUT2D eigenvalue weighted by molar-refractivity contribution is 0.205. The molecule has 0 unspecified atom stereocenters. The van der Waals surface area contributed by atoms with Gasteiger partial charge in [-0.1, -0.05) is 24.2 Å². The number of nitrogens with one attached hydrogen (secondary N) is 1. The quantitative estimate of drug-likeness (QED) is 0.662. The second-order valence-electron chi connectivity index (χ2n) is 5.72. The van der Waals surface area contributed by atoms with Crippen LogP contribution >= 0.6 is 0 Å². The zero-order valence-corrected chi connectivity index (χ0v) is 14.4. The third kappa shape index (κ3) is 4.34. The Morgan fingerprint density at radius 3 is 2.84 bits per heavy atom. The highest BCUT2D eigenvalue weighted by molar-refractivity contribution is 5.73. The largest absolute Gasteiger partial charge is 0.441 e. The van der Waals surface area contributed by atoms with E-state index in [4.69, 9.17) is 8.94 Å². The Morgan fingerprint density at radius 2 is 2.08 bits per heavy atom. The number of benzene rings is 1. The van der Waals surface area contributed by atoms with Gasteiger partial charge in [0, 0.05) is 26.4 Å². The van der Waals surface area contributed by atoms with Crippen molar-refractivity contribution in [1.29, 1.82) is 0 Å². The van der Waals surface area contributed by atoms with E-state index in [9.17, 15) is 4.79 Å². The van der Waals surface area contributed by atoms with Crippen molar-refractivity contribution in [3.63, 3.8) is 0 Å². The summed E-state index contributed by atoms with van der Waals surface area (Å²) >= 11 is 0. The summed E-state index contributed by atoms with van der Waals surface area (Å²) in [5.74, 6) is 1.76. The van der Waals surface area contributed by atoms with Gasteiger partial charge in [-0.15, -0.1) is 0 Å². The van der Waals surface area contributed by atoms with Crippen molar-refractivity contribution in [2.24, 2.45) is 0 Å². The maximum atomic E-state index is 12.1. The van der Waals surface area contributed by atoms with E-state index >= 15 is 0 Å². The zero-order chi connectivity index (χ0) is 17.6. The number of oxazole rings is 1. The van der Waals surface area contributed by atoms with Gasteiger partial charge in [0.05, 0.1) is 6.54 Å². The van der Waals surface area contributed by atoms with Crippen LogP contribution in [0.1, 0.15) is 31.0 Å². The Bertz CT molecular complexity index is 809. The van der Waals surface area contributed by atoms with E-state index in [1.165, 1.54) is 4.90 Å².